The Morgan fingerprint density at radius 1 is 1.05 bits per heavy atom. The fourth-order valence-corrected chi connectivity index (χ4v) is 7.14. The van der Waals surface area contributed by atoms with Gasteiger partial charge in [0.25, 0.3) is 0 Å². The van der Waals surface area contributed by atoms with Crippen molar-refractivity contribution in [2.24, 2.45) is 11.8 Å². The summed E-state index contributed by atoms with van der Waals surface area (Å²) in [5.74, 6) is 0.246. The summed E-state index contributed by atoms with van der Waals surface area (Å²) in [7, 11) is 1.83. The van der Waals surface area contributed by atoms with Gasteiger partial charge in [-0.05, 0) is 74.6 Å². The van der Waals surface area contributed by atoms with Gasteiger partial charge in [-0.25, -0.2) is 8.51 Å². The Balaban J connectivity index is 1.85. The molecule has 0 saturated carbocycles. The number of amides is 1. The molecule has 0 aliphatic carbocycles. The van der Waals surface area contributed by atoms with Gasteiger partial charge < -0.3 is 14.5 Å². The number of rotatable bonds is 9. The number of alkyl halides is 3. The van der Waals surface area contributed by atoms with Crippen LogP contribution < -0.4 is 9.64 Å². The van der Waals surface area contributed by atoms with Gasteiger partial charge in [0, 0.05) is 49.9 Å². The minimum absolute atomic E-state index is 0.0136. The maximum Gasteiger partial charge on any atom is 0.416 e. The van der Waals surface area contributed by atoms with Gasteiger partial charge in [-0.1, -0.05) is 38.4 Å². The third kappa shape index (κ3) is 7.99. The number of halogens is 4. The zero-order valence-electron chi connectivity index (χ0n) is 25.7. The summed E-state index contributed by atoms with van der Waals surface area (Å²) < 4.78 is 61.5. The molecule has 3 unspecified atom stereocenters. The molecule has 234 valence electrons. The quantitative estimate of drug-likeness (QED) is 0.300. The van der Waals surface area contributed by atoms with E-state index in [0.29, 0.717) is 54.6 Å². The van der Waals surface area contributed by atoms with E-state index in [1.165, 1.54) is 12.1 Å². The Hall–Kier alpha value is -2.30. The lowest BCUT2D eigenvalue weighted by molar-refractivity contribution is -0.138. The van der Waals surface area contributed by atoms with Gasteiger partial charge in [0.1, 0.15) is 16.7 Å². The van der Waals surface area contributed by atoms with E-state index in [1.807, 2.05) is 57.4 Å². The molecule has 42 heavy (non-hydrogen) atoms. The van der Waals surface area contributed by atoms with E-state index < -0.39 is 33.5 Å². The third-order valence-electron chi connectivity index (χ3n) is 7.61. The van der Waals surface area contributed by atoms with Crippen LogP contribution in [0.4, 0.5) is 18.9 Å². The molecule has 2 aromatic rings. The minimum Gasteiger partial charge on any atom is -0.496 e. The first-order chi connectivity index (χ1) is 19.4. The lowest BCUT2D eigenvalue weighted by atomic mass is 9.92. The van der Waals surface area contributed by atoms with Gasteiger partial charge in [-0.15, -0.1) is 0 Å². The standard InChI is InChI=1S/C31H43ClF3N3O3S/c1-20(2)28(36(7)42(40)30(4,5)6)25-18-23(31(33,34)35)10-12-26(25)37-13-15-38(16-14-37)29(39)21(3)17-22-9-11-24(32)19-27(22)41-8/h9-12,18-21,28H,13-17H2,1-8H3. The highest BCUT2D eigenvalue weighted by Crippen LogP contribution is 2.41. The highest BCUT2D eigenvalue weighted by atomic mass is 35.5. The average molecular weight is 630 g/mol. The SMILES string of the molecule is COc1cc(Cl)ccc1CC(C)C(=O)N1CCN(c2ccc(C(F)(F)F)cc2C(C(C)C)N(C)S(=O)C(C)(C)C)CC1. The number of benzene rings is 2. The minimum atomic E-state index is -4.51. The summed E-state index contributed by atoms with van der Waals surface area (Å²) in [6, 6.07) is 8.68. The third-order valence-corrected chi connectivity index (χ3v) is 9.64. The number of carbonyl (C=O) groups excluding carboxylic acids is 1. The summed E-state index contributed by atoms with van der Waals surface area (Å²) in [6.45, 7) is 13.1. The molecule has 0 spiro atoms. The van der Waals surface area contributed by atoms with Crippen LogP contribution in [0, 0.1) is 11.8 Å². The van der Waals surface area contributed by atoms with Gasteiger partial charge in [0.2, 0.25) is 5.91 Å². The first kappa shape index (κ1) is 34.2. The molecule has 3 atom stereocenters. The monoisotopic (exact) mass is 629 g/mol. The summed E-state index contributed by atoms with van der Waals surface area (Å²) in [6.07, 6.45) is -4.01. The summed E-state index contributed by atoms with van der Waals surface area (Å²) in [5.41, 5.74) is 1.32. The fourth-order valence-electron chi connectivity index (χ4n) is 5.55. The number of hydrogen-bond donors (Lipinski definition) is 0. The number of methoxy groups -OCH3 is 1. The molecule has 1 heterocycles. The number of carbonyl (C=O) groups is 1. The molecule has 0 bridgehead atoms. The summed E-state index contributed by atoms with van der Waals surface area (Å²) in [4.78, 5) is 17.2. The fraction of sp³-hybridized carbons (Fsp3) is 0.581. The van der Waals surface area contributed by atoms with Crippen molar-refractivity contribution >= 4 is 34.2 Å². The predicted molar refractivity (Wildman–Crippen MR) is 164 cm³/mol. The molecular weight excluding hydrogens is 587 g/mol. The topological polar surface area (TPSA) is 53.1 Å². The van der Waals surface area contributed by atoms with Crippen molar-refractivity contribution in [1.82, 2.24) is 9.21 Å². The first-order valence-corrected chi connectivity index (χ1v) is 15.7. The van der Waals surface area contributed by atoms with Crippen LogP contribution in [0.1, 0.15) is 64.3 Å². The molecule has 0 radical (unpaired) electrons. The molecule has 1 aliphatic rings. The van der Waals surface area contributed by atoms with Crippen molar-refractivity contribution in [2.45, 2.75) is 64.9 Å². The molecule has 1 saturated heterocycles. The van der Waals surface area contributed by atoms with Gasteiger partial charge in [0.15, 0.2) is 0 Å². The molecule has 2 aromatic carbocycles. The molecule has 1 amide bonds. The number of piperazine rings is 1. The molecule has 11 heteroatoms. The van der Waals surface area contributed by atoms with E-state index in [-0.39, 0.29) is 17.7 Å². The van der Waals surface area contributed by atoms with Crippen LogP contribution in [-0.2, 0) is 28.4 Å². The van der Waals surface area contributed by atoms with E-state index >= 15 is 0 Å². The zero-order chi connectivity index (χ0) is 31.6. The molecule has 0 N–H and O–H groups in total. The van der Waals surface area contributed by atoms with Crippen molar-refractivity contribution in [3.05, 3.63) is 58.1 Å². The van der Waals surface area contributed by atoms with Gasteiger partial charge in [-0.3, -0.25) is 4.79 Å². The Labute approximate surface area is 255 Å². The summed E-state index contributed by atoms with van der Waals surface area (Å²) >= 11 is 6.08. The van der Waals surface area contributed by atoms with Crippen LogP contribution in [-0.4, -0.2) is 64.4 Å². The maximum absolute atomic E-state index is 13.8. The van der Waals surface area contributed by atoms with E-state index in [0.717, 1.165) is 11.6 Å². The lowest BCUT2D eigenvalue weighted by Gasteiger charge is -2.41. The predicted octanol–water partition coefficient (Wildman–Crippen LogP) is 6.99. The molecule has 1 aliphatic heterocycles. The number of ether oxygens (including phenoxy) is 1. The lowest BCUT2D eigenvalue weighted by Crippen LogP contribution is -2.51. The zero-order valence-corrected chi connectivity index (χ0v) is 27.3. The van der Waals surface area contributed by atoms with E-state index in [4.69, 9.17) is 16.3 Å². The molecular formula is C31H43ClF3N3O3S. The normalized spacial score (nSPS) is 17.0. The average Bonchev–Trinajstić information content (AvgIpc) is 2.92. The Morgan fingerprint density at radius 2 is 1.67 bits per heavy atom. The van der Waals surface area contributed by atoms with Crippen LogP contribution in [0.2, 0.25) is 5.02 Å². The second kappa shape index (κ2) is 13.6. The van der Waals surface area contributed by atoms with Crippen LogP contribution in [0.15, 0.2) is 36.4 Å². The van der Waals surface area contributed by atoms with Crippen molar-refractivity contribution in [3.63, 3.8) is 0 Å². The Kier molecular flexibility index (Phi) is 11.0. The Morgan fingerprint density at radius 3 is 2.19 bits per heavy atom. The molecule has 1 fully saturated rings. The van der Waals surface area contributed by atoms with Crippen LogP contribution in [0.3, 0.4) is 0 Å². The van der Waals surface area contributed by atoms with E-state index in [2.05, 4.69) is 0 Å². The Bertz CT molecular complexity index is 1270. The van der Waals surface area contributed by atoms with Crippen LogP contribution >= 0.6 is 11.6 Å². The summed E-state index contributed by atoms with van der Waals surface area (Å²) in [5, 5.41) is 0.559. The molecule has 0 aromatic heterocycles. The highest BCUT2D eigenvalue weighted by molar-refractivity contribution is 7.84. The second-order valence-electron chi connectivity index (χ2n) is 12.2. The van der Waals surface area contributed by atoms with Gasteiger partial charge >= 0.3 is 6.18 Å². The number of nitrogens with zero attached hydrogens (tertiary/aromatic N) is 3. The smallest absolute Gasteiger partial charge is 0.416 e. The highest BCUT2D eigenvalue weighted by Gasteiger charge is 2.37. The number of anilines is 1. The molecule has 3 rings (SSSR count). The van der Waals surface area contributed by atoms with Crippen molar-refractivity contribution in [2.75, 3.05) is 45.2 Å². The largest absolute Gasteiger partial charge is 0.496 e. The van der Waals surface area contributed by atoms with E-state index in [9.17, 15) is 22.2 Å². The van der Waals surface area contributed by atoms with Gasteiger partial charge in [0.05, 0.1) is 23.5 Å². The van der Waals surface area contributed by atoms with E-state index in [1.54, 1.807) is 30.6 Å². The van der Waals surface area contributed by atoms with Crippen molar-refractivity contribution < 1.29 is 26.9 Å². The first-order valence-electron chi connectivity index (χ1n) is 14.2. The molecule has 6 nitrogen and oxygen atoms in total. The van der Waals surface area contributed by atoms with Crippen molar-refractivity contribution in [1.29, 1.82) is 0 Å². The van der Waals surface area contributed by atoms with Gasteiger partial charge in [-0.2, -0.15) is 13.2 Å². The number of hydrogen-bond acceptors (Lipinski definition) is 4. The maximum atomic E-state index is 13.8. The van der Waals surface area contributed by atoms with Crippen LogP contribution in [0.25, 0.3) is 0 Å². The second-order valence-corrected chi connectivity index (χ2v) is 15.0. The van der Waals surface area contributed by atoms with Crippen LogP contribution in [0.5, 0.6) is 5.75 Å². The van der Waals surface area contributed by atoms with Crippen molar-refractivity contribution in [3.8, 4) is 5.75 Å².